The first-order valence-electron chi connectivity index (χ1n) is 8.30. The summed E-state index contributed by atoms with van der Waals surface area (Å²) in [4.78, 5) is 14.8. The molecule has 0 N–H and O–H groups in total. The summed E-state index contributed by atoms with van der Waals surface area (Å²) in [5.41, 5.74) is 0. The number of carbonyl (C=O) groups excluding carboxylic acids is 1. The number of rotatable bonds is 4. The molecule has 0 spiro atoms. The van der Waals surface area contributed by atoms with Crippen molar-refractivity contribution >= 4 is 81.6 Å². The van der Waals surface area contributed by atoms with Crippen LogP contribution in [0, 0.1) is 0 Å². The second-order valence-corrected chi connectivity index (χ2v) is 9.96. The minimum atomic E-state index is -0.294. The summed E-state index contributed by atoms with van der Waals surface area (Å²) in [6, 6.07) is 6.17. The van der Waals surface area contributed by atoms with Crippen LogP contribution in [0.1, 0.15) is 9.67 Å². The minimum absolute atomic E-state index is 0.294. The van der Waals surface area contributed by atoms with Crippen molar-refractivity contribution < 1.29 is 19.0 Å². The Hall–Kier alpha value is -2.13. The molecule has 0 unspecified atom stereocenters. The molecule has 142 valence electrons. The van der Waals surface area contributed by atoms with E-state index < -0.39 is 0 Å². The fraction of sp³-hybridized carbons (Fsp3) is 0.150. The standard InChI is InChI=1S/C20H14O4S4/c1-22-15-9-4-5-25-18(9)16(23-2)11-7-12(28-19(11)15)17-10-6-13(20(21)24-3)27-14(10)8-26-17/h4-8H,1-3H3. The number of hydrogen-bond donors (Lipinski definition) is 0. The number of fused-ring (bicyclic) bond motifs is 3. The molecule has 0 amide bonds. The molecular formula is C20H14O4S4. The van der Waals surface area contributed by atoms with E-state index in [-0.39, 0.29) is 5.97 Å². The Morgan fingerprint density at radius 3 is 2.43 bits per heavy atom. The Kier molecular flexibility index (Phi) is 4.31. The van der Waals surface area contributed by atoms with Gasteiger partial charge in [-0.2, -0.15) is 0 Å². The van der Waals surface area contributed by atoms with Crippen LogP contribution in [0.3, 0.4) is 0 Å². The van der Waals surface area contributed by atoms with Gasteiger partial charge in [0.1, 0.15) is 16.4 Å². The van der Waals surface area contributed by atoms with Crippen LogP contribution >= 0.6 is 45.3 Å². The van der Waals surface area contributed by atoms with Gasteiger partial charge < -0.3 is 14.2 Å². The van der Waals surface area contributed by atoms with Gasteiger partial charge in [0, 0.05) is 31.1 Å². The highest BCUT2D eigenvalue weighted by Gasteiger charge is 2.22. The lowest BCUT2D eigenvalue weighted by Gasteiger charge is -2.08. The fourth-order valence-electron chi connectivity index (χ4n) is 3.39. The number of ether oxygens (including phenoxy) is 3. The zero-order chi connectivity index (χ0) is 19.4. The van der Waals surface area contributed by atoms with E-state index in [1.165, 1.54) is 18.4 Å². The number of benzene rings is 1. The zero-order valence-electron chi connectivity index (χ0n) is 15.2. The van der Waals surface area contributed by atoms with Gasteiger partial charge in [0.05, 0.1) is 35.6 Å². The van der Waals surface area contributed by atoms with Gasteiger partial charge in [-0.3, -0.25) is 0 Å². The van der Waals surface area contributed by atoms with Gasteiger partial charge in [-0.1, -0.05) is 0 Å². The van der Waals surface area contributed by atoms with Gasteiger partial charge in [-0.05, 0) is 23.6 Å². The Balaban J connectivity index is 1.77. The largest absolute Gasteiger partial charge is 0.495 e. The first-order chi connectivity index (χ1) is 13.7. The normalized spacial score (nSPS) is 11.5. The quantitative estimate of drug-likeness (QED) is 0.283. The van der Waals surface area contributed by atoms with Crippen molar-refractivity contribution in [3.05, 3.63) is 33.8 Å². The van der Waals surface area contributed by atoms with Gasteiger partial charge in [-0.15, -0.1) is 45.3 Å². The second-order valence-electron chi connectivity index (χ2n) is 6.03. The van der Waals surface area contributed by atoms with E-state index >= 15 is 0 Å². The van der Waals surface area contributed by atoms with E-state index in [1.807, 2.05) is 6.07 Å². The SMILES string of the molecule is COC(=O)c1cc2c(-c3cc4c(OC)c5sccc5c(OC)c4s3)scc2s1. The van der Waals surface area contributed by atoms with Crippen molar-refractivity contribution in [1.82, 2.24) is 0 Å². The highest BCUT2D eigenvalue weighted by molar-refractivity contribution is 7.29. The van der Waals surface area contributed by atoms with E-state index in [1.54, 1.807) is 48.2 Å². The van der Waals surface area contributed by atoms with Gasteiger partial charge in [-0.25, -0.2) is 4.79 Å². The van der Waals surface area contributed by atoms with Crippen LogP contribution in [0.25, 0.3) is 40.0 Å². The van der Waals surface area contributed by atoms with Gasteiger partial charge >= 0.3 is 5.97 Å². The van der Waals surface area contributed by atoms with Crippen LogP contribution < -0.4 is 9.47 Å². The molecule has 4 aromatic heterocycles. The first-order valence-corrected chi connectivity index (χ1v) is 11.7. The third kappa shape index (κ3) is 2.49. The molecule has 1 aromatic carbocycles. The molecule has 0 saturated heterocycles. The molecule has 0 aliphatic rings. The van der Waals surface area contributed by atoms with Gasteiger partial charge in [0.2, 0.25) is 0 Å². The van der Waals surface area contributed by atoms with Gasteiger partial charge in [0.15, 0.2) is 0 Å². The highest BCUT2D eigenvalue weighted by Crippen LogP contribution is 2.52. The molecule has 0 fully saturated rings. The van der Waals surface area contributed by atoms with Crippen LogP contribution in [0.15, 0.2) is 29.0 Å². The van der Waals surface area contributed by atoms with Crippen molar-refractivity contribution in [2.45, 2.75) is 0 Å². The lowest BCUT2D eigenvalue weighted by Crippen LogP contribution is -1.96. The predicted octanol–water partition coefficient (Wildman–Crippen LogP) is 6.86. The van der Waals surface area contributed by atoms with Crippen molar-refractivity contribution in [3.63, 3.8) is 0 Å². The molecule has 4 nitrogen and oxygen atoms in total. The van der Waals surface area contributed by atoms with Crippen molar-refractivity contribution in [3.8, 4) is 21.3 Å². The van der Waals surface area contributed by atoms with Crippen LogP contribution in [0.2, 0.25) is 0 Å². The molecule has 0 aliphatic heterocycles. The summed E-state index contributed by atoms with van der Waals surface area (Å²) >= 11 is 6.50. The summed E-state index contributed by atoms with van der Waals surface area (Å²) < 4.78 is 19.7. The molecule has 8 heteroatoms. The van der Waals surface area contributed by atoms with E-state index in [0.717, 1.165) is 51.5 Å². The van der Waals surface area contributed by atoms with Crippen LogP contribution in [0.4, 0.5) is 0 Å². The lowest BCUT2D eigenvalue weighted by atomic mass is 10.1. The smallest absolute Gasteiger partial charge is 0.348 e. The molecule has 5 aromatic rings. The highest BCUT2D eigenvalue weighted by atomic mass is 32.1. The average Bonchev–Trinajstić information content (AvgIpc) is 3.46. The van der Waals surface area contributed by atoms with Crippen molar-refractivity contribution in [2.75, 3.05) is 21.3 Å². The predicted molar refractivity (Wildman–Crippen MR) is 120 cm³/mol. The molecule has 0 atom stereocenters. The van der Waals surface area contributed by atoms with E-state index in [4.69, 9.17) is 14.2 Å². The number of hydrogen-bond acceptors (Lipinski definition) is 8. The lowest BCUT2D eigenvalue weighted by molar-refractivity contribution is 0.0606. The summed E-state index contributed by atoms with van der Waals surface area (Å²) in [6.45, 7) is 0. The maximum Gasteiger partial charge on any atom is 0.348 e. The Labute approximate surface area is 176 Å². The Morgan fingerprint density at radius 1 is 0.893 bits per heavy atom. The summed E-state index contributed by atoms with van der Waals surface area (Å²) in [5.74, 6) is 1.48. The average molecular weight is 447 g/mol. The van der Waals surface area contributed by atoms with Crippen LogP contribution in [-0.4, -0.2) is 27.3 Å². The number of esters is 1. The third-order valence-corrected chi connectivity index (χ3v) is 9.04. The van der Waals surface area contributed by atoms with Crippen LogP contribution in [0.5, 0.6) is 11.5 Å². The molecular weight excluding hydrogens is 432 g/mol. The second kappa shape index (κ2) is 6.73. The minimum Gasteiger partial charge on any atom is -0.495 e. The summed E-state index contributed by atoms with van der Waals surface area (Å²) in [7, 11) is 4.83. The first kappa shape index (κ1) is 17.9. The molecule has 28 heavy (non-hydrogen) atoms. The molecule has 0 aliphatic carbocycles. The number of thiophene rings is 4. The van der Waals surface area contributed by atoms with Crippen molar-refractivity contribution in [2.24, 2.45) is 0 Å². The van der Waals surface area contributed by atoms with E-state index in [0.29, 0.717) is 4.88 Å². The van der Waals surface area contributed by atoms with Crippen LogP contribution in [-0.2, 0) is 4.74 Å². The van der Waals surface area contributed by atoms with Gasteiger partial charge in [0.25, 0.3) is 0 Å². The molecule has 0 bridgehead atoms. The number of methoxy groups -OCH3 is 3. The molecule has 5 rings (SSSR count). The van der Waals surface area contributed by atoms with Crippen molar-refractivity contribution in [1.29, 1.82) is 0 Å². The summed E-state index contributed by atoms with van der Waals surface area (Å²) in [6.07, 6.45) is 0. The third-order valence-electron chi connectivity index (χ3n) is 4.61. The molecule has 0 radical (unpaired) electrons. The molecule has 0 saturated carbocycles. The zero-order valence-corrected chi connectivity index (χ0v) is 18.4. The monoisotopic (exact) mass is 446 g/mol. The maximum absolute atomic E-state index is 11.9. The fourth-order valence-corrected chi connectivity index (χ4v) is 7.81. The Morgan fingerprint density at radius 2 is 1.68 bits per heavy atom. The van der Waals surface area contributed by atoms with E-state index in [2.05, 4.69) is 22.9 Å². The summed E-state index contributed by atoms with van der Waals surface area (Å²) in [5, 5.41) is 7.37. The topological polar surface area (TPSA) is 44.8 Å². The number of carbonyl (C=O) groups is 1. The maximum atomic E-state index is 11.9. The molecule has 4 heterocycles. The Bertz CT molecular complexity index is 1300. The van der Waals surface area contributed by atoms with E-state index in [9.17, 15) is 4.79 Å².